The molecule has 1 aromatic heterocycles. The number of aryl methyl sites for hydroxylation is 1. The summed E-state index contributed by atoms with van der Waals surface area (Å²) >= 11 is 1.50. The van der Waals surface area contributed by atoms with Crippen molar-refractivity contribution in [3.8, 4) is 0 Å². The van der Waals surface area contributed by atoms with E-state index in [1.165, 1.54) is 27.8 Å². The van der Waals surface area contributed by atoms with Gasteiger partial charge in [0.15, 0.2) is 4.80 Å². The second-order valence-corrected chi connectivity index (χ2v) is 11.0. The third-order valence-corrected chi connectivity index (χ3v) is 9.06. The number of rotatable bonds is 8. The van der Waals surface area contributed by atoms with E-state index in [1.54, 1.807) is 12.1 Å². The normalized spacial score (nSPS) is 12.8. The maximum Gasteiger partial charge on any atom is 0.279 e. The summed E-state index contributed by atoms with van der Waals surface area (Å²) < 4.78 is 30.5. The molecule has 0 unspecified atom stereocenters. The van der Waals surface area contributed by atoms with Crippen LogP contribution < -0.4 is 4.80 Å². The van der Waals surface area contributed by atoms with Crippen molar-refractivity contribution in [1.82, 2.24) is 8.87 Å². The molecule has 34 heavy (non-hydrogen) atoms. The number of fused-ring (bicyclic) bond motifs is 3. The summed E-state index contributed by atoms with van der Waals surface area (Å²) in [6, 6.07) is 18.4. The number of hydrogen-bond donors (Lipinski definition) is 0. The van der Waals surface area contributed by atoms with Gasteiger partial charge in [-0.1, -0.05) is 61.9 Å². The Morgan fingerprint density at radius 2 is 1.74 bits per heavy atom. The zero-order valence-corrected chi connectivity index (χ0v) is 21.3. The lowest BCUT2D eigenvalue weighted by Gasteiger charge is -2.20. The van der Waals surface area contributed by atoms with Crippen LogP contribution in [-0.4, -0.2) is 36.3 Å². The summed E-state index contributed by atoms with van der Waals surface area (Å²) in [7, 11) is -3.58. The van der Waals surface area contributed by atoms with Crippen molar-refractivity contribution in [1.29, 1.82) is 0 Å². The van der Waals surface area contributed by atoms with Crippen LogP contribution >= 0.6 is 11.3 Å². The van der Waals surface area contributed by atoms with Gasteiger partial charge in [-0.15, -0.1) is 0 Å². The number of hydrogen-bond acceptors (Lipinski definition) is 4. The first-order valence-electron chi connectivity index (χ1n) is 11.6. The quantitative estimate of drug-likeness (QED) is 0.327. The molecular formula is C26H29N3O3S2. The van der Waals surface area contributed by atoms with Crippen LogP contribution in [0.3, 0.4) is 0 Å². The predicted molar refractivity (Wildman–Crippen MR) is 139 cm³/mol. The van der Waals surface area contributed by atoms with Crippen molar-refractivity contribution >= 4 is 48.3 Å². The van der Waals surface area contributed by atoms with E-state index in [0.29, 0.717) is 30.0 Å². The second kappa shape index (κ2) is 10.2. The first kappa shape index (κ1) is 24.3. The van der Waals surface area contributed by atoms with Crippen LogP contribution in [0.2, 0.25) is 0 Å². The summed E-state index contributed by atoms with van der Waals surface area (Å²) in [6.45, 7) is 7.49. The van der Waals surface area contributed by atoms with Gasteiger partial charge in [-0.25, -0.2) is 8.42 Å². The molecule has 0 N–H and O–H groups in total. The number of thiazole rings is 1. The summed E-state index contributed by atoms with van der Waals surface area (Å²) in [5.74, 6) is -0.389. The SMILES string of the molecule is CCCCN(CC)S(=O)(=O)c1ccc(C(=O)N=c2sc3c4ccccc4ccc3n2CC)cc1. The Hall–Kier alpha value is -2.81. The average Bonchev–Trinajstić information content (AvgIpc) is 3.21. The Morgan fingerprint density at radius 1 is 1.00 bits per heavy atom. The Morgan fingerprint density at radius 3 is 2.41 bits per heavy atom. The molecule has 0 atom stereocenters. The molecule has 4 aromatic rings. The Labute approximate surface area is 204 Å². The maximum absolute atomic E-state index is 13.0. The molecule has 0 radical (unpaired) electrons. The van der Waals surface area contributed by atoms with Gasteiger partial charge in [-0.3, -0.25) is 4.79 Å². The average molecular weight is 496 g/mol. The molecule has 1 amide bonds. The van der Waals surface area contributed by atoms with Crippen molar-refractivity contribution in [2.45, 2.75) is 45.1 Å². The molecule has 0 aliphatic heterocycles. The third-order valence-electron chi connectivity index (χ3n) is 5.94. The molecule has 8 heteroatoms. The van der Waals surface area contributed by atoms with Crippen LogP contribution in [0.5, 0.6) is 0 Å². The van der Waals surface area contributed by atoms with Gasteiger partial charge in [0.25, 0.3) is 5.91 Å². The Balaban J connectivity index is 1.69. The predicted octanol–water partition coefficient (Wildman–Crippen LogP) is 5.43. The summed E-state index contributed by atoms with van der Waals surface area (Å²) in [6.07, 6.45) is 1.73. The largest absolute Gasteiger partial charge is 0.317 e. The van der Waals surface area contributed by atoms with Crippen LogP contribution in [0, 0.1) is 0 Å². The molecule has 0 saturated heterocycles. The fraction of sp³-hybridized carbons (Fsp3) is 0.308. The highest BCUT2D eigenvalue weighted by atomic mass is 32.2. The lowest BCUT2D eigenvalue weighted by Crippen LogP contribution is -2.31. The minimum atomic E-state index is -3.58. The van der Waals surface area contributed by atoms with Crippen molar-refractivity contribution in [2.75, 3.05) is 13.1 Å². The topological polar surface area (TPSA) is 71.7 Å². The van der Waals surface area contributed by atoms with Gasteiger partial charge in [0.2, 0.25) is 10.0 Å². The zero-order chi connectivity index (χ0) is 24.3. The lowest BCUT2D eigenvalue weighted by molar-refractivity contribution is 0.0997. The number of sulfonamides is 1. The number of unbranched alkanes of at least 4 members (excludes halogenated alkanes) is 1. The van der Waals surface area contributed by atoms with E-state index in [0.717, 1.165) is 33.8 Å². The van der Waals surface area contributed by atoms with Crippen molar-refractivity contribution in [2.24, 2.45) is 4.99 Å². The molecule has 178 valence electrons. The standard InChI is InChI=1S/C26H29N3O3S2/c1-4-7-18-28(5-2)34(31,32)21-15-12-20(13-16-21)25(30)27-26-29(6-3)23-17-14-19-10-8-9-11-22(19)24(23)33-26/h8-17H,4-7,18H2,1-3H3. The number of carbonyl (C=O) groups is 1. The van der Waals surface area contributed by atoms with E-state index in [9.17, 15) is 13.2 Å². The number of amides is 1. The molecule has 0 bridgehead atoms. The molecule has 0 saturated carbocycles. The number of carbonyl (C=O) groups excluding carboxylic acids is 1. The minimum Gasteiger partial charge on any atom is -0.317 e. The van der Waals surface area contributed by atoms with Gasteiger partial charge in [-0.2, -0.15) is 9.30 Å². The second-order valence-electron chi connectivity index (χ2n) is 8.06. The van der Waals surface area contributed by atoms with Gasteiger partial charge in [-0.05, 0) is 49.1 Å². The van der Waals surface area contributed by atoms with Crippen molar-refractivity contribution < 1.29 is 13.2 Å². The fourth-order valence-electron chi connectivity index (χ4n) is 4.04. The molecule has 4 rings (SSSR count). The van der Waals surface area contributed by atoms with Gasteiger partial charge in [0.05, 0.1) is 15.1 Å². The van der Waals surface area contributed by atoms with Crippen LogP contribution in [0.4, 0.5) is 0 Å². The Kier molecular flexibility index (Phi) is 7.30. The van der Waals surface area contributed by atoms with Crippen molar-refractivity contribution in [3.05, 3.63) is 71.0 Å². The summed E-state index contributed by atoms with van der Waals surface area (Å²) in [5, 5.41) is 2.29. The molecule has 3 aromatic carbocycles. The van der Waals surface area contributed by atoms with Gasteiger partial charge < -0.3 is 4.57 Å². The van der Waals surface area contributed by atoms with Crippen LogP contribution in [0.15, 0.2) is 70.6 Å². The van der Waals surface area contributed by atoms with E-state index in [1.807, 2.05) is 37.5 Å². The number of benzene rings is 3. The Bertz CT molecular complexity index is 1500. The molecule has 1 heterocycles. The molecule has 0 aliphatic rings. The highest BCUT2D eigenvalue weighted by Gasteiger charge is 2.22. The van der Waals surface area contributed by atoms with E-state index in [4.69, 9.17) is 0 Å². The summed E-state index contributed by atoms with van der Waals surface area (Å²) in [4.78, 5) is 18.2. The third kappa shape index (κ3) is 4.58. The number of nitrogens with zero attached hydrogens (tertiary/aromatic N) is 3. The highest BCUT2D eigenvalue weighted by Crippen LogP contribution is 2.27. The molecule has 0 aliphatic carbocycles. The minimum absolute atomic E-state index is 0.193. The van der Waals surface area contributed by atoms with E-state index in [-0.39, 0.29) is 10.8 Å². The van der Waals surface area contributed by atoms with Gasteiger partial charge in [0, 0.05) is 30.6 Å². The maximum atomic E-state index is 13.0. The molecule has 0 spiro atoms. The van der Waals surface area contributed by atoms with Crippen LogP contribution in [0.1, 0.15) is 44.0 Å². The number of aromatic nitrogens is 1. The first-order chi connectivity index (χ1) is 16.4. The van der Waals surface area contributed by atoms with Crippen LogP contribution in [-0.2, 0) is 16.6 Å². The monoisotopic (exact) mass is 495 g/mol. The summed E-state index contributed by atoms with van der Waals surface area (Å²) in [5.41, 5.74) is 1.41. The van der Waals surface area contributed by atoms with Crippen LogP contribution in [0.25, 0.3) is 21.0 Å². The van der Waals surface area contributed by atoms with E-state index in [2.05, 4.69) is 29.3 Å². The molecule has 6 nitrogen and oxygen atoms in total. The van der Waals surface area contributed by atoms with Gasteiger partial charge in [0.1, 0.15) is 0 Å². The van der Waals surface area contributed by atoms with E-state index >= 15 is 0 Å². The highest BCUT2D eigenvalue weighted by molar-refractivity contribution is 7.89. The van der Waals surface area contributed by atoms with Gasteiger partial charge >= 0.3 is 0 Å². The first-order valence-corrected chi connectivity index (χ1v) is 13.9. The lowest BCUT2D eigenvalue weighted by atomic mass is 10.1. The van der Waals surface area contributed by atoms with E-state index < -0.39 is 10.0 Å². The smallest absolute Gasteiger partial charge is 0.279 e. The van der Waals surface area contributed by atoms with Crippen molar-refractivity contribution in [3.63, 3.8) is 0 Å². The molecular weight excluding hydrogens is 466 g/mol. The fourth-order valence-corrected chi connectivity index (χ4v) is 6.76. The zero-order valence-electron chi connectivity index (χ0n) is 19.7. The molecule has 0 fully saturated rings.